The van der Waals surface area contributed by atoms with Gasteiger partial charge in [-0.2, -0.15) is 5.10 Å². The van der Waals surface area contributed by atoms with E-state index in [1.807, 2.05) is 37.3 Å². The average molecular weight is 188 g/mol. The summed E-state index contributed by atoms with van der Waals surface area (Å²) in [7, 11) is 0. The fourth-order valence-corrected chi connectivity index (χ4v) is 1.40. The summed E-state index contributed by atoms with van der Waals surface area (Å²) in [6, 6.07) is 11.6. The van der Waals surface area contributed by atoms with Gasteiger partial charge in [-0.1, -0.05) is 30.3 Å². The average Bonchev–Trinajstić information content (AvgIpc) is 2.47. The second kappa shape index (κ2) is 3.54. The first-order valence-corrected chi connectivity index (χ1v) is 4.53. The van der Waals surface area contributed by atoms with Gasteiger partial charge >= 0.3 is 0 Å². The van der Waals surface area contributed by atoms with Crippen LogP contribution in [0.25, 0.3) is 0 Å². The predicted molar refractivity (Wildman–Crippen MR) is 54.2 cm³/mol. The zero-order valence-electron chi connectivity index (χ0n) is 8.01. The Morgan fingerprint density at radius 1 is 1.29 bits per heavy atom. The van der Waals surface area contributed by atoms with Crippen molar-refractivity contribution in [3.8, 4) is 5.88 Å². The third-order valence-corrected chi connectivity index (χ3v) is 2.06. The molecular weight excluding hydrogens is 176 g/mol. The molecule has 0 amide bonds. The molecule has 2 aromatic rings. The molecule has 14 heavy (non-hydrogen) atoms. The maximum absolute atomic E-state index is 9.49. The van der Waals surface area contributed by atoms with E-state index in [2.05, 4.69) is 5.10 Å². The van der Waals surface area contributed by atoms with Crippen LogP contribution in [0, 0.1) is 6.92 Å². The van der Waals surface area contributed by atoms with Crippen molar-refractivity contribution >= 4 is 0 Å². The van der Waals surface area contributed by atoms with Crippen molar-refractivity contribution in [1.29, 1.82) is 0 Å². The van der Waals surface area contributed by atoms with E-state index in [1.165, 1.54) is 0 Å². The van der Waals surface area contributed by atoms with E-state index in [9.17, 15) is 5.11 Å². The van der Waals surface area contributed by atoms with E-state index < -0.39 is 0 Å². The number of nitrogens with zero attached hydrogens (tertiary/aromatic N) is 2. The minimum atomic E-state index is 0.214. The molecule has 1 heterocycles. The van der Waals surface area contributed by atoms with Crippen LogP contribution in [0.3, 0.4) is 0 Å². The van der Waals surface area contributed by atoms with E-state index in [-0.39, 0.29) is 5.88 Å². The van der Waals surface area contributed by atoms with Crippen LogP contribution >= 0.6 is 0 Å². The fourth-order valence-electron chi connectivity index (χ4n) is 1.40. The monoisotopic (exact) mass is 188 g/mol. The molecule has 0 saturated carbocycles. The van der Waals surface area contributed by atoms with Gasteiger partial charge in [0.1, 0.15) is 0 Å². The summed E-state index contributed by atoms with van der Waals surface area (Å²) in [5, 5.41) is 13.7. The Kier molecular flexibility index (Phi) is 2.23. The molecule has 0 aliphatic heterocycles. The number of rotatable bonds is 2. The van der Waals surface area contributed by atoms with Crippen molar-refractivity contribution in [3.05, 3.63) is 47.7 Å². The van der Waals surface area contributed by atoms with Gasteiger partial charge in [-0.3, -0.25) is 0 Å². The minimum Gasteiger partial charge on any atom is -0.493 e. The van der Waals surface area contributed by atoms with Crippen LogP contribution in [0.4, 0.5) is 0 Å². The first kappa shape index (κ1) is 8.81. The third-order valence-electron chi connectivity index (χ3n) is 2.06. The number of aryl methyl sites for hydroxylation is 1. The second-order valence-corrected chi connectivity index (χ2v) is 3.29. The Morgan fingerprint density at radius 3 is 2.57 bits per heavy atom. The van der Waals surface area contributed by atoms with Gasteiger partial charge in [-0.15, -0.1) is 0 Å². The Balaban J connectivity index is 2.23. The maximum Gasteiger partial charge on any atom is 0.209 e. The van der Waals surface area contributed by atoms with Crippen LogP contribution in [0.5, 0.6) is 5.88 Å². The van der Waals surface area contributed by atoms with Gasteiger partial charge in [-0.05, 0) is 12.5 Å². The highest BCUT2D eigenvalue weighted by atomic mass is 16.3. The Hall–Kier alpha value is -1.77. The molecule has 0 spiro atoms. The molecular formula is C11H12N2O. The molecule has 0 unspecified atom stereocenters. The SMILES string of the molecule is Cc1cc(O)n(Cc2ccccc2)n1. The van der Waals surface area contributed by atoms with E-state index in [0.717, 1.165) is 11.3 Å². The standard InChI is InChI=1S/C11H12N2O/c1-9-7-11(14)13(12-9)8-10-5-3-2-4-6-10/h2-7,14H,8H2,1H3. The van der Waals surface area contributed by atoms with E-state index >= 15 is 0 Å². The molecule has 1 aromatic carbocycles. The third kappa shape index (κ3) is 1.76. The smallest absolute Gasteiger partial charge is 0.209 e. The maximum atomic E-state index is 9.49. The molecule has 2 rings (SSSR count). The number of hydrogen-bond acceptors (Lipinski definition) is 2. The molecule has 3 heteroatoms. The summed E-state index contributed by atoms with van der Waals surface area (Å²) in [5.74, 6) is 0.214. The molecule has 0 fully saturated rings. The summed E-state index contributed by atoms with van der Waals surface area (Å²) in [4.78, 5) is 0. The number of benzene rings is 1. The van der Waals surface area contributed by atoms with Crippen molar-refractivity contribution in [2.45, 2.75) is 13.5 Å². The lowest BCUT2D eigenvalue weighted by atomic mass is 10.2. The van der Waals surface area contributed by atoms with Gasteiger partial charge < -0.3 is 5.11 Å². The van der Waals surface area contributed by atoms with Crippen molar-refractivity contribution in [2.24, 2.45) is 0 Å². The first-order chi connectivity index (χ1) is 6.75. The first-order valence-electron chi connectivity index (χ1n) is 4.53. The zero-order valence-corrected chi connectivity index (χ0v) is 8.01. The fraction of sp³-hybridized carbons (Fsp3) is 0.182. The quantitative estimate of drug-likeness (QED) is 0.782. The van der Waals surface area contributed by atoms with Crippen LogP contribution in [0.2, 0.25) is 0 Å². The molecule has 1 N–H and O–H groups in total. The van der Waals surface area contributed by atoms with Gasteiger partial charge in [0.2, 0.25) is 5.88 Å². The molecule has 1 aromatic heterocycles. The van der Waals surface area contributed by atoms with Crippen molar-refractivity contribution in [1.82, 2.24) is 9.78 Å². The largest absolute Gasteiger partial charge is 0.493 e. The molecule has 72 valence electrons. The van der Waals surface area contributed by atoms with Gasteiger partial charge in [-0.25, -0.2) is 4.68 Å². The number of aromatic hydroxyl groups is 1. The summed E-state index contributed by atoms with van der Waals surface area (Å²) in [6.45, 7) is 2.47. The lowest BCUT2D eigenvalue weighted by Gasteiger charge is -2.02. The van der Waals surface area contributed by atoms with Crippen molar-refractivity contribution in [3.63, 3.8) is 0 Å². The molecule has 0 atom stereocenters. The molecule has 0 bridgehead atoms. The zero-order chi connectivity index (χ0) is 9.97. The summed E-state index contributed by atoms with van der Waals surface area (Å²) < 4.78 is 1.59. The lowest BCUT2D eigenvalue weighted by Crippen LogP contribution is -2.00. The highest BCUT2D eigenvalue weighted by Gasteiger charge is 2.02. The van der Waals surface area contributed by atoms with E-state index in [0.29, 0.717) is 6.54 Å². The molecule has 3 nitrogen and oxygen atoms in total. The summed E-state index contributed by atoms with van der Waals surface area (Å²) in [6.07, 6.45) is 0. The van der Waals surface area contributed by atoms with Crippen LogP contribution in [0.15, 0.2) is 36.4 Å². The highest BCUT2D eigenvalue weighted by molar-refractivity contribution is 5.18. The van der Waals surface area contributed by atoms with Crippen molar-refractivity contribution in [2.75, 3.05) is 0 Å². The topological polar surface area (TPSA) is 38.0 Å². The highest BCUT2D eigenvalue weighted by Crippen LogP contribution is 2.12. The van der Waals surface area contributed by atoms with Crippen LogP contribution in [-0.4, -0.2) is 14.9 Å². The summed E-state index contributed by atoms with van der Waals surface area (Å²) in [5.41, 5.74) is 1.96. The Labute approximate surface area is 82.6 Å². The number of aromatic nitrogens is 2. The molecule has 0 radical (unpaired) electrons. The molecule has 0 aliphatic carbocycles. The molecule has 0 saturated heterocycles. The van der Waals surface area contributed by atoms with E-state index in [4.69, 9.17) is 0 Å². The Bertz CT molecular complexity index is 420. The van der Waals surface area contributed by atoms with Gasteiger partial charge in [0, 0.05) is 6.07 Å². The van der Waals surface area contributed by atoms with Gasteiger partial charge in [0.15, 0.2) is 0 Å². The number of hydrogen-bond donors (Lipinski definition) is 1. The minimum absolute atomic E-state index is 0.214. The van der Waals surface area contributed by atoms with Gasteiger partial charge in [0.05, 0.1) is 12.2 Å². The van der Waals surface area contributed by atoms with Crippen LogP contribution < -0.4 is 0 Å². The normalized spacial score (nSPS) is 10.4. The lowest BCUT2D eigenvalue weighted by molar-refractivity contribution is 0.409. The van der Waals surface area contributed by atoms with E-state index in [1.54, 1.807) is 10.7 Å². The molecule has 0 aliphatic rings. The van der Waals surface area contributed by atoms with Crippen molar-refractivity contribution < 1.29 is 5.11 Å². The second-order valence-electron chi connectivity index (χ2n) is 3.29. The summed E-state index contributed by atoms with van der Waals surface area (Å²) >= 11 is 0. The van der Waals surface area contributed by atoms with Crippen LogP contribution in [-0.2, 0) is 6.54 Å². The Morgan fingerprint density at radius 2 is 2.00 bits per heavy atom. The predicted octanol–water partition coefficient (Wildman–Crippen LogP) is 1.95. The van der Waals surface area contributed by atoms with Crippen LogP contribution in [0.1, 0.15) is 11.3 Å². The van der Waals surface area contributed by atoms with Gasteiger partial charge in [0.25, 0.3) is 0 Å².